The second kappa shape index (κ2) is 10.0. The molecule has 0 amide bonds. The molecular formula is C41H34O2. The predicted octanol–water partition coefficient (Wildman–Crippen LogP) is 10.0. The van der Waals surface area contributed by atoms with Gasteiger partial charge in [-0.15, -0.1) is 0 Å². The van der Waals surface area contributed by atoms with Gasteiger partial charge >= 0.3 is 0 Å². The summed E-state index contributed by atoms with van der Waals surface area (Å²) in [4.78, 5) is 0. The van der Waals surface area contributed by atoms with Crippen molar-refractivity contribution in [1.82, 2.24) is 0 Å². The van der Waals surface area contributed by atoms with Gasteiger partial charge in [-0.3, -0.25) is 0 Å². The summed E-state index contributed by atoms with van der Waals surface area (Å²) < 4.78 is 0. The SMILES string of the molecule is Cc1cc(O)cc(C)c1C1(c2c(C)cc(O)cc2C)c2cc(-c3ccccc3)ccc2-c2ccc(-c3ccccc3)cc21. The normalized spacial score (nSPS) is 13.0. The summed E-state index contributed by atoms with van der Waals surface area (Å²) in [5.74, 6) is 0.533. The van der Waals surface area contributed by atoms with Crippen molar-refractivity contribution >= 4 is 0 Å². The molecule has 1 aliphatic carbocycles. The predicted molar refractivity (Wildman–Crippen MR) is 177 cm³/mol. The van der Waals surface area contributed by atoms with Gasteiger partial charge in [0.1, 0.15) is 11.5 Å². The van der Waals surface area contributed by atoms with Crippen LogP contribution in [0.2, 0.25) is 0 Å². The molecule has 0 atom stereocenters. The van der Waals surface area contributed by atoms with Crippen LogP contribution < -0.4 is 0 Å². The Labute approximate surface area is 253 Å². The summed E-state index contributed by atoms with van der Waals surface area (Å²) in [6, 6.07) is 42.3. The molecule has 6 aromatic carbocycles. The summed E-state index contributed by atoms with van der Waals surface area (Å²) >= 11 is 0. The molecule has 2 N–H and O–H groups in total. The lowest BCUT2D eigenvalue weighted by Gasteiger charge is -2.39. The maximum absolute atomic E-state index is 10.7. The minimum absolute atomic E-state index is 0.266. The molecule has 0 aromatic heterocycles. The third-order valence-electron chi connectivity index (χ3n) is 9.14. The van der Waals surface area contributed by atoms with E-state index in [1.807, 2.05) is 24.3 Å². The van der Waals surface area contributed by atoms with Crippen molar-refractivity contribution in [2.75, 3.05) is 0 Å². The van der Waals surface area contributed by atoms with Gasteiger partial charge in [0.05, 0.1) is 5.41 Å². The van der Waals surface area contributed by atoms with Crippen LogP contribution in [0.3, 0.4) is 0 Å². The number of phenols is 2. The highest BCUT2D eigenvalue weighted by molar-refractivity contribution is 5.91. The highest BCUT2D eigenvalue weighted by Crippen LogP contribution is 2.60. The first-order chi connectivity index (χ1) is 20.8. The highest BCUT2D eigenvalue weighted by atomic mass is 16.3. The van der Waals surface area contributed by atoms with Crippen molar-refractivity contribution in [3.05, 3.63) is 166 Å². The Bertz CT molecular complexity index is 1830. The minimum atomic E-state index is -0.690. The van der Waals surface area contributed by atoms with E-state index in [0.717, 1.165) is 44.5 Å². The van der Waals surface area contributed by atoms with E-state index in [9.17, 15) is 10.2 Å². The van der Waals surface area contributed by atoms with E-state index in [0.29, 0.717) is 0 Å². The average molecular weight is 559 g/mol. The Morgan fingerprint density at radius 2 is 0.744 bits per heavy atom. The van der Waals surface area contributed by atoms with Crippen molar-refractivity contribution in [3.8, 4) is 44.9 Å². The molecule has 7 rings (SSSR count). The molecule has 6 aromatic rings. The molecule has 0 bridgehead atoms. The van der Waals surface area contributed by atoms with E-state index >= 15 is 0 Å². The molecule has 0 aliphatic heterocycles. The molecular weight excluding hydrogens is 524 g/mol. The molecule has 0 saturated heterocycles. The molecule has 0 heterocycles. The second-order valence-corrected chi connectivity index (χ2v) is 11.9. The van der Waals surface area contributed by atoms with Crippen molar-refractivity contribution in [1.29, 1.82) is 0 Å². The zero-order valence-electron chi connectivity index (χ0n) is 24.9. The molecule has 0 radical (unpaired) electrons. The third-order valence-corrected chi connectivity index (χ3v) is 9.14. The number of hydrogen-bond acceptors (Lipinski definition) is 2. The summed E-state index contributed by atoms with van der Waals surface area (Å²) in [5, 5.41) is 21.4. The van der Waals surface area contributed by atoms with Gasteiger partial charge < -0.3 is 10.2 Å². The summed E-state index contributed by atoms with van der Waals surface area (Å²) in [5.41, 5.74) is 15.2. The molecule has 0 spiro atoms. The van der Waals surface area contributed by atoms with E-state index in [-0.39, 0.29) is 11.5 Å². The molecule has 43 heavy (non-hydrogen) atoms. The number of phenolic OH excluding ortho intramolecular Hbond substituents is 2. The number of rotatable bonds is 4. The van der Waals surface area contributed by atoms with Crippen molar-refractivity contribution in [3.63, 3.8) is 0 Å². The number of aromatic hydroxyl groups is 2. The van der Waals surface area contributed by atoms with Gasteiger partial charge in [0, 0.05) is 0 Å². The van der Waals surface area contributed by atoms with Gasteiger partial charge in [-0.1, -0.05) is 84.9 Å². The van der Waals surface area contributed by atoms with Crippen LogP contribution in [0.1, 0.15) is 44.5 Å². The Morgan fingerprint density at radius 3 is 1.09 bits per heavy atom. The van der Waals surface area contributed by atoms with Gasteiger partial charge in [0.25, 0.3) is 0 Å². The van der Waals surface area contributed by atoms with Crippen LogP contribution >= 0.6 is 0 Å². The standard InChI is InChI=1S/C41H34O2/c1-25-19-33(42)20-26(2)39(25)41(40-27(3)21-34(43)22-28(40)4)37-23-31(29-11-7-5-8-12-29)15-17-35(37)36-18-16-32(24-38(36)41)30-13-9-6-10-14-30/h5-24,42-43H,1-4H3. The zero-order chi connectivity index (χ0) is 29.9. The van der Waals surface area contributed by atoms with E-state index in [4.69, 9.17) is 0 Å². The summed E-state index contributed by atoms with van der Waals surface area (Å²) in [7, 11) is 0. The molecule has 2 nitrogen and oxygen atoms in total. The maximum Gasteiger partial charge on any atom is 0.116 e. The van der Waals surface area contributed by atoms with Crippen LogP contribution in [0.4, 0.5) is 0 Å². The van der Waals surface area contributed by atoms with Crippen LogP contribution in [0.5, 0.6) is 11.5 Å². The van der Waals surface area contributed by atoms with E-state index in [1.54, 1.807) is 0 Å². The number of aryl methyl sites for hydroxylation is 4. The lowest BCUT2D eigenvalue weighted by atomic mass is 9.62. The third kappa shape index (κ3) is 4.09. The number of hydrogen-bond donors (Lipinski definition) is 2. The topological polar surface area (TPSA) is 40.5 Å². The Balaban J connectivity index is 1.69. The molecule has 0 saturated carbocycles. The minimum Gasteiger partial charge on any atom is -0.508 e. The van der Waals surface area contributed by atoms with Crippen molar-refractivity contribution < 1.29 is 10.2 Å². The Kier molecular flexibility index (Phi) is 6.25. The van der Waals surface area contributed by atoms with Crippen LogP contribution in [0.25, 0.3) is 33.4 Å². The molecule has 1 aliphatic rings. The lowest BCUT2D eigenvalue weighted by molar-refractivity contribution is 0.473. The van der Waals surface area contributed by atoms with Gasteiger partial charge in [-0.25, -0.2) is 0 Å². The fraction of sp³-hybridized carbons (Fsp3) is 0.122. The summed E-state index contributed by atoms with van der Waals surface area (Å²) in [6.45, 7) is 8.42. The van der Waals surface area contributed by atoms with Crippen molar-refractivity contribution in [2.24, 2.45) is 0 Å². The largest absolute Gasteiger partial charge is 0.508 e. The van der Waals surface area contributed by atoms with E-state index in [2.05, 4.69) is 125 Å². The Hall–Kier alpha value is -5.08. The fourth-order valence-corrected chi connectivity index (χ4v) is 7.67. The maximum atomic E-state index is 10.7. The molecule has 210 valence electrons. The first-order valence-corrected chi connectivity index (χ1v) is 14.8. The van der Waals surface area contributed by atoms with Gasteiger partial charge in [-0.2, -0.15) is 0 Å². The van der Waals surface area contributed by atoms with Crippen molar-refractivity contribution in [2.45, 2.75) is 33.1 Å². The number of fused-ring (bicyclic) bond motifs is 3. The lowest BCUT2D eigenvalue weighted by Crippen LogP contribution is -2.32. The first kappa shape index (κ1) is 26.8. The van der Waals surface area contributed by atoms with Gasteiger partial charge in [0.15, 0.2) is 0 Å². The Morgan fingerprint density at radius 1 is 0.395 bits per heavy atom. The van der Waals surface area contributed by atoms with Crippen LogP contribution in [-0.4, -0.2) is 10.2 Å². The molecule has 2 heteroatoms. The molecule has 0 unspecified atom stereocenters. The smallest absolute Gasteiger partial charge is 0.116 e. The van der Waals surface area contributed by atoms with Crippen LogP contribution in [-0.2, 0) is 5.41 Å². The quantitative estimate of drug-likeness (QED) is 0.226. The highest BCUT2D eigenvalue weighted by Gasteiger charge is 2.49. The van der Waals surface area contributed by atoms with Gasteiger partial charge in [0.2, 0.25) is 0 Å². The first-order valence-electron chi connectivity index (χ1n) is 14.8. The molecule has 0 fully saturated rings. The van der Waals surface area contributed by atoms with Crippen LogP contribution in [0, 0.1) is 27.7 Å². The fourth-order valence-electron chi connectivity index (χ4n) is 7.67. The second-order valence-electron chi connectivity index (χ2n) is 11.9. The average Bonchev–Trinajstić information content (AvgIpc) is 3.26. The zero-order valence-corrected chi connectivity index (χ0v) is 24.9. The van der Waals surface area contributed by atoms with E-state index < -0.39 is 5.41 Å². The van der Waals surface area contributed by atoms with Crippen LogP contribution in [0.15, 0.2) is 121 Å². The van der Waals surface area contributed by atoms with E-state index in [1.165, 1.54) is 33.4 Å². The monoisotopic (exact) mass is 558 g/mol. The van der Waals surface area contributed by atoms with Gasteiger partial charge in [-0.05, 0) is 142 Å². The summed E-state index contributed by atoms with van der Waals surface area (Å²) in [6.07, 6.45) is 0. The number of benzene rings is 6.